The number of carbonyl (C=O) groups is 1. The lowest BCUT2D eigenvalue weighted by Crippen LogP contribution is -2.08. The topological polar surface area (TPSA) is 47.9 Å². The van der Waals surface area contributed by atoms with Gasteiger partial charge in [0.1, 0.15) is 11.5 Å². The Labute approximate surface area is 163 Å². The molecule has 0 radical (unpaired) electrons. The summed E-state index contributed by atoms with van der Waals surface area (Å²) in [6.07, 6.45) is 1.76. The Morgan fingerprint density at radius 1 is 1.00 bits per heavy atom. The SMILES string of the molecule is CCOc1ccc(C=Nc2ccc(C(=O)Oc3ccccc3Cl)cc2)cc1. The number of rotatable bonds is 6. The zero-order valence-corrected chi connectivity index (χ0v) is 15.5. The molecule has 0 aliphatic carbocycles. The number of nitrogens with zero attached hydrogens (tertiary/aromatic N) is 1. The lowest BCUT2D eigenvalue weighted by Gasteiger charge is -2.06. The number of hydrogen-bond donors (Lipinski definition) is 0. The predicted octanol–water partition coefficient (Wildman–Crippen LogP) is 5.71. The van der Waals surface area contributed by atoms with Crippen LogP contribution in [-0.2, 0) is 0 Å². The molecule has 0 bridgehead atoms. The first-order valence-electron chi connectivity index (χ1n) is 8.49. The Kier molecular flexibility index (Phi) is 6.23. The smallest absolute Gasteiger partial charge is 0.343 e. The highest BCUT2D eigenvalue weighted by Gasteiger charge is 2.10. The van der Waals surface area contributed by atoms with Crippen LogP contribution in [0.3, 0.4) is 0 Å². The van der Waals surface area contributed by atoms with Gasteiger partial charge in [-0.15, -0.1) is 0 Å². The second-order valence-corrected chi connectivity index (χ2v) is 6.03. The third-order valence-corrected chi connectivity index (χ3v) is 4.01. The van der Waals surface area contributed by atoms with E-state index in [1.54, 1.807) is 54.7 Å². The highest BCUT2D eigenvalue weighted by molar-refractivity contribution is 6.32. The molecule has 4 nitrogen and oxygen atoms in total. The summed E-state index contributed by atoms with van der Waals surface area (Å²) in [6, 6.07) is 21.4. The number of aliphatic imine (C=N–C) groups is 1. The quantitative estimate of drug-likeness (QED) is 0.313. The van der Waals surface area contributed by atoms with Crippen molar-refractivity contribution in [2.75, 3.05) is 6.61 Å². The van der Waals surface area contributed by atoms with Crippen molar-refractivity contribution >= 4 is 29.5 Å². The van der Waals surface area contributed by atoms with Crippen LogP contribution < -0.4 is 9.47 Å². The van der Waals surface area contributed by atoms with Crippen LogP contribution in [-0.4, -0.2) is 18.8 Å². The van der Waals surface area contributed by atoms with Crippen molar-refractivity contribution in [2.45, 2.75) is 6.92 Å². The zero-order chi connectivity index (χ0) is 19.1. The molecule has 27 heavy (non-hydrogen) atoms. The number of ether oxygens (including phenoxy) is 2. The second-order valence-electron chi connectivity index (χ2n) is 5.63. The zero-order valence-electron chi connectivity index (χ0n) is 14.8. The van der Waals surface area contributed by atoms with Gasteiger partial charge in [0, 0.05) is 6.21 Å². The minimum absolute atomic E-state index is 0.335. The van der Waals surface area contributed by atoms with Crippen LogP contribution >= 0.6 is 11.6 Å². The van der Waals surface area contributed by atoms with Crippen LogP contribution in [0.25, 0.3) is 0 Å². The predicted molar refractivity (Wildman–Crippen MR) is 108 cm³/mol. The van der Waals surface area contributed by atoms with Gasteiger partial charge in [-0.25, -0.2) is 4.79 Å². The first-order chi connectivity index (χ1) is 13.2. The van der Waals surface area contributed by atoms with Gasteiger partial charge in [0.2, 0.25) is 0 Å². The molecule has 0 spiro atoms. The van der Waals surface area contributed by atoms with E-state index >= 15 is 0 Å². The van der Waals surface area contributed by atoms with Gasteiger partial charge in [-0.1, -0.05) is 23.7 Å². The fraction of sp³-hybridized carbons (Fsp3) is 0.0909. The number of carbonyl (C=O) groups excluding carboxylic acids is 1. The molecule has 0 aromatic heterocycles. The normalized spacial score (nSPS) is 10.7. The molecule has 3 aromatic carbocycles. The van der Waals surface area contributed by atoms with Crippen molar-refractivity contribution in [2.24, 2.45) is 4.99 Å². The molecule has 0 heterocycles. The van der Waals surface area contributed by atoms with E-state index in [-0.39, 0.29) is 0 Å². The average Bonchev–Trinajstić information content (AvgIpc) is 2.70. The maximum Gasteiger partial charge on any atom is 0.343 e. The van der Waals surface area contributed by atoms with E-state index in [1.807, 2.05) is 31.2 Å². The second kappa shape index (κ2) is 9.01. The molecule has 0 saturated heterocycles. The fourth-order valence-corrected chi connectivity index (χ4v) is 2.51. The molecular weight excluding hydrogens is 362 g/mol. The molecule has 0 atom stereocenters. The monoisotopic (exact) mass is 379 g/mol. The average molecular weight is 380 g/mol. The van der Waals surface area contributed by atoms with Crippen molar-refractivity contribution in [1.29, 1.82) is 0 Å². The summed E-state index contributed by atoms with van der Waals surface area (Å²) in [5, 5.41) is 0.391. The van der Waals surface area contributed by atoms with Gasteiger partial charge >= 0.3 is 5.97 Å². The molecule has 3 aromatic rings. The van der Waals surface area contributed by atoms with Gasteiger partial charge in [-0.3, -0.25) is 4.99 Å². The molecule has 0 fully saturated rings. The molecule has 5 heteroatoms. The van der Waals surface area contributed by atoms with E-state index < -0.39 is 5.97 Å². The highest BCUT2D eigenvalue weighted by Crippen LogP contribution is 2.24. The van der Waals surface area contributed by atoms with Gasteiger partial charge in [-0.05, 0) is 73.2 Å². The van der Waals surface area contributed by atoms with Gasteiger partial charge in [-0.2, -0.15) is 0 Å². The van der Waals surface area contributed by atoms with Gasteiger partial charge in [0.05, 0.1) is 22.9 Å². The molecular formula is C22H18ClNO3. The Bertz CT molecular complexity index is 935. The summed E-state index contributed by atoms with van der Waals surface area (Å²) >= 11 is 6.00. The summed E-state index contributed by atoms with van der Waals surface area (Å²) in [5.41, 5.74) is 2.12. The number of para-hydroxylation sites is 1. The van der Waals surface area contributed by atoms with Crippen molar-refractivity contribution in [3.8, 4) is 11.5 Å². The summed E-state index contributed by atoms with van der Waals surface area (Å²) in [5.74, 6) is 0.697. The lowest BCUT2D eigenvalue weighted by atomic mass is 10.2. The van der Waals surface area contributed by atoms with Gasteiger partial charge < -0.3 is 9.47 Å². The Morgan fingerprint density at radius 2 is 1.70 bits per heavy atom. The third-order valence-electron chi connectivity index (χ3n) is 3.70. The van der Waals surface area contributed by atoms with E-state index in [4.69, 9.17) is 21.1 Å². The molecule has 136 valence electrons. The number of halogens is 1. The van der Waals surface area contributed by atoms with Crippen LogP contribution in [0.2, 0.25) is 5.02 Å². The molecule has 0 aliphatic rings. The van der Waals surface area contributed by atoms with E-state index in [0.29, 0.717) is 22.9 Å². The first kappa shape index (κ1) is 18.7. The summed E-state index contributed by atoms with van der Waals surface area (Å²) in [7, 11) is 0. The molecule has 3 rings (SSSR count). The van der Waals surface area contributed by atoms with Crippen LogP contribution in [0.5, 0.6) is 11.5 Å². The maximum absolute atomic E-state index is 12.2. The third kappa shape index (κ3) is 5.19. The first-order valence-corrected chi connectivity index (χ1v) is 8.87. The van der Waals surface area contributed by atoms with Gasteiger partial charge in [0.25, 0.3) is 0 Å². The van der Waals surface area contributed by atoms with Crippen molar-refractivity contribution in [3.63, 3.8) is 0 Å². The van der Waals surface area contributed by atoms with E-state index in [2.05, 4.69) is 4.99 Å². The molecule has 0 N–H and O–H groups in total. The van der Waals surface area contributed by atoms with E-state index in [9.17, 15) is 4.79 Å². The van der Waals surface area contributed by atoms with Crippen LogP contribution in [0.15, 0.2) is 77.8 Å². The summed E-state index contributed by atoms with van der Waals surface area (Å²) in [4.78, 5) is 16.6. The van der Waals surface area contributed by atoms with Crippen LogP contribution in [0.1, 0.15) is 22.8 Å². The van der Waals surface area contributed by atoms with Crippen LogP contribution in [0, 0.1) is 0 Å². The van der Waals surface area contributed by atoms with Crippen molar-refractivity contribution in [1.82, 2.24) is 0 Å². The Hall–Kier alpha value is -3.11. The fourth-order valence-electron chi connectivity index (χ4n) is 2.34. The lowest BCUT2D eigenvalue weighted by molar-refractivity contribution is 0.0735. The molecule has 0 unspecified atom stereocenters. The van der Waals surface area contributed by atoms with Crippen molar-refractivity contribution in [3.05, 3.63) is 88.9 Å². The Balaban J connectivity index is 1.64. The molecule has 0 amide bonds. The number of esters is 1. The van der Waals surface area contributed by atoms with Gasteiger partial charge in [0.15, 0.2) is 0 Å². The summed E-state index contributed by atoms with van der Waals surface area (Å²) < 4.78 is 10.7. The standard InChI is InChI=1S/C22H18ClNO3/c1-2-26-19-13-7-16(8-14-19)15-24-18-11-9-17(10-12-18)22(25)27-21-6-4-3-5-20(21)23/h3-15H,2H2,1H3. The minimum atomic E-state index is -0.467. The molecule has 0 saturated carbocycles. The summed E-state index contributed by atoms with van der Waals surface area (Å²) in [6.45, 7) is 2.59. The largest absolute Gasteiger partial charge is 0.494 e. The highest BCUT2D eigenvalue weighted by atomic mass is 35.5. The van der Waals surface area contributed by atoms with Crippen molar-refractivity contribution < 1.29 is 14.3 Å². The molecule has 0 aliphatic heterocycles. The number of benzene rings is 3. The Morgan fingerprint density at radius 3 is 2.37 bits per heavy atom. The van der Waals surface area contributed by atoms with Crippen LogP contribution in [0.4, 0.5) is 5.69 Å². The van der Waals surface area contributed by atoms with E-state index in [0.717, 1.165) is 17.0 Å². The number of hydrogen-bond acceptors (Lipinski definition) is 4. The maximum atomic E-state index is 12.2. The minimum Gasteiger partial charge on any atom is -0.494 e. The van der Waals surface area contributed by atoms with E-state index in [1.165, 1.54) is 0 Å².